The Kier molecular flexibility index (Phi) is 9.35. The largest absolute Gasteiger partial charge is 0.443 e. The molecule has 10 nitrogen and oxygen atoms in total. The fourth-order valence-corrected chi connectivity index (χ4v) is 4.47. The van der Waals surface area contributed by atoms with Gasteiger partial charge in [-0.1, -0.05) is 0 Å². The summed E-state index contributed by atoms with van der Waals surface area (Å²) in [5, 5.41) is 9.37. The molecular formula is C20H28BrFN4O6S. The Balaban J connectivity index is 1.88. The Morgan fingerprint density at radius 2 is 1.88 bits per heavy atom. The number of nitrogens with zero attached hydrogens (tertiary/aromatic N) is 1. The molecule has 4 N–H and O–H groups in total. The van der Waals surface area contributed by atoms with Crippen LogP contribution in [-0.2, 0) is 19.7 Å². The Bertz CT molecular complexity index is 1000. The van der Waals surface area contributed by atoms with Gasteiger partial charge in [-0.2, -0.15) is 13.1 Å². The number of hydroxylamine groups is 1. The third-order valence-electron chi connectivity index (χ3n) is 4.88. The summed E-state index contributed by atoms with van der Waals surface area (Å²) in [6.45, 7) is 4.95. The Morgan fingerprint density at radius 3 is 2.42 bits per heavy atom. The number of nitrogens with one attached hydrogen (secondary N) is 3. The van der Waals surface area contributed by atoms with Crippen molar-refractivity contribution in [3.8, 4) is 0 Å². The van der Waals surface area contributed by atoms with Crippen molar-refractivity contribution in [1.82, 2.24) is 14.9 Å². The maximum atomic E-state index is 13.4. The molecule has 1 fully saturated rings. The van der Waals surface area contributed by atoms with Crippen LogP contribution in [-0.4, -0.2) is 43.5 Å². The van der Waals surface area contributed by atoms with E-state index in [1.54, 1.807) is 25.5 Å². The van der Waals surface area contributed by atoms with Crippen molar-refractivity contribution in [1.29, 1.82) is 0 Å². The number of rotatable bonds is 7. The van der Waals surface area contributed by atoms with Crippen LogP contribution in [0.3, 0.4) is 0 Å². The Morgan fingerprint density at radius 1 is 1.24 bits per heavy atom. The standard InChI is InChI=1S/C20H28BrFN4O6S/c1-20(2,3)32-19(28)26-33(30,31)23-11-12-4-6-13(7-5-12)17(27)18(25-29)24-14-8-9-16(22)15(21)10-14/h8-10,12-13,23,29H,4-7,11H2,1-3H3,(H,24,25)(H,26,28). The summed E-state index contributed by atoms with van der Waals surface area (Å²) in [6, 6.07) is 3.94. The van der Waals surface area contributed by atoms with Crippen LogP contribution in [0.1, 0.15) is 46.5 Å². The lowest BCUT2D eigenvalue weighted by Crippen LogP contribution is -2.44. The molecule has 0 radical (unpaired) electrons. The third-order valence-corrected chi connectivity index (χ3v) is 6.47. The molecule has 0 heterocycles. The summed E-state index contributed by atoms with van der Waals surface area (Å²) >= 11 is 3.04. The number of hydrogen-bond donors (Lipinski definition) is 4. The van der Waals surface area contributed by atoms with E-state index < -0.39 is 33.6 Å². The normalized spacial score (nSPS) is 19.6. The van der Waals surface area contributed by atoms with Crippen molar-refractivity contribution >= 4 is 49.5 Å². The van der Waals surface area contributed by atoms with Gasteiger partial charge in [0.2, 0.25) is 5.78 Å². The number of halogens is 2. The Labute approximate surface area is 200 Å². The van der Waals surface area contributed by atoms with Gasteiger partial charge in [-0.15, -0.1) is 0 Å². The minimum absolute atomic E-state index is 0.0280. The average molecular weight is 551 g/mol. The predicted molar refractivity (Wildman–Crippen MR) is 123 cm³/mol. The molecule has 1 amide bonds. The third kappa shape index (κ3) is 8.99. The zero-order valence-corrected chi connectivity index (χ0v) is 20.9. The molecular weight excluding hydrogens is 523 g/mol. The van der Waals surface area contributed by atoms with Gasteiger partial charge in [0.15, 0.2) is 5.84 Å². The first-order chi connectivity index (χ1) is 15.3. The number of benzene rings is 1. The lowest BCUT2D eigenvalue weighted by molar-refractivity contribution is -0.118. The van der Waals surface area contributed by atoms with Gasteiger partial charge < -0.3 is 4.74 Å². The SMILES string of the molecule is CC(C)(C)OC(=O)NS(=O)(=O)NCC1CCC(C(=O)C(=Nc2ccc(F)c(Br)c2)NO)CC1. The van der Waals surface area contributed by atoms with Gasteiger partial charge in [0.25, 0.3) is 0 Å². The first-order valence-electron chi connectivity index (χ1n) is 10.3. The van der Waals surface area contributed by atoms with Crippen LogP contribution in [0.2, 0.25) is 0 Å². The van der Waals surface area contributed by atoms with Gasteiger partial charge in [-0.25, -0.2) is 24.4 Å². The second-order valence-electron chi connectivity index (χ2n) is 8.71. The van der Waals surface area contributed by atoms with Crippen LogP contribution in [0.4, 0.5) is 14.9 Å². The van der Waals surface area contributed by atoms with Crippen molar-refractivity contribution in [2.45, 2.75) is 52.1 Å². The van der Waals surface area contributed by atoms with Gasteiger partial charge in [0.05, 0.1) is 10.2 Å². The van der Waals surface area contributed by atoms with Crippen molar-refractivity contribution in [2.75, 3.05) is 6.54 Å². The molecule has 0 saturated heterocycles. The first kappa shape index (κ1) is 27.2. The van der Waals surface area contributed by atoms with E-state index >= 15 is 0 Å². The van der Waals surface area contributed by atoms with Crippen LogP contribution >= 0.6 is 15.9 Å². The number of carbonyl (C=O) groups excluding carboxylic acids is 2. The van der Waals surface area contributed by atoms with E-state index in [4.69, 9.17) is 4.74 Å². The maximum Gasteiger partial charge on any atom is 0.422 e. The van der Waals surface area contributed by atoms with Crippen molar-refractivity contribution in [2.24, 2.45) is 16.8 Å². The van der Waals surface area contributed by atoms with Crippen molar-refractivity contribution in [3.63, 3.8) is 0 Å². The van der Waals surface area contributed by atoms with E-state index in [-0.39, 0.29) is 34.2 Å². The number of Topliss-reactive ketones (excluding diaryl/α,β-unsaturated/α-hetero) is 1. The van der Waals surface area contributed by atoms with Gasteiger partial charge >= 0.3 is 16.3 Å². The van der Waals surface area contributed by atoms with E-state index in [0.29, 0.717) is 25.7 Å². The molecule has 1 aromatic carbocycles. The predicted octanol–water partition coefficient (Wildman–Crippen LogP) is 3.33. The highest BCUT2D eigenvalue weighted by Gasteiger charge is 2.30. The van der Waals surface area contributed by atoms with E-state index in [2.05, 4.69) is 25.6 Å². The van der Waals surface area contributed by atoms with E-state index in [1.807, 2.05) is 5.48 Å². The van der Waals surface area contributed by atoms with Crippen LogP contribution in [0, 0.1) is 17.7 Å². The average Bonchev–Trinajstić information content (AvgIpc) is 2.71. The van der Waals surface area contributed by atoms with Crippen LogP contribution < -0.4 is 14.9 Å². The maximum absolute atomic E-state index is 13.4. The number of amidine groups is 1. The highest BCUT2D eigenvalue weighted by Crippen LogP contribution is 2.30. The molecule has 1 aromatic rings. The Hall–Kier alpha value is -2.09. The van der Waals surface area contributed by atoms with Gasteiger partial charge in [-0.3, -0.25) is 10.0 Å². The molecule has 0 bridgehead atoms. The van der Waals surface area contributed by atoms with E-state index in [1.165, 1.54) is 18.2 Å². The van der Waals surface area contributed by atoms with Gasteiger partial charge in [0.1, 0.15) is 11.4 Å². The number of ketones is 1. The number of aliphatic imine (C=N–C) groups is 1. The summed E-state index contributed by atoms with van der Waals surface area (Å²) in [6.07, 6.45) is 0.996. The molecule has 1 aliphatic rings. The lowest BCUT2D eigenvalue weighted by atomic mass is 9.80. The molecule has 0 atom stereocenters. The molecule has 0 aliphatic heterocycles. The summed E-state index contributed by atoms with van der Waals surface area (Å²) < 4.78 is 46.7. The van der Waals surface area contributed by atoms with Gasteiger partial charge in [-0.05, 0) is 86.5 Å². The van der Waals surface area contributed by atoms with Crippen LogP contribution in [0.25, 0.3) is 0 Å². The molecule has 13 heteroatoms. The zero-order chi connectivity index (χ0) is 24.8. The molecule has 0 aromatic heterocycles. The quantitative estimate of drug-likeness (QED) is 0.231. The fraction of sp³-hybridized carbons (Fsp3) is 0.550. The fourth-order valence-electron chi connectivity index (χ4n) is 3.31. The molecule has 0 spiro atoms. The molecule has 1 saturated carbocycles. The van der Waals surface area contributed by atoms with Crippen molar-refractivity contribution < 1.29 is 32.3 Å². The second-order valence-corrected chi connectivity index (χ2v) is 11.1. The van der Waals surface area contributed by atoms with Crippen LogP contribution in [0.15, 0.2) is 27.7 Å². The van der Waals surface area contributed by atoms with E-state index in [0.717, 1.165) is 0 Å². The highest BCUT2D eigenvalue weighted by molar-refractivity contribution is 9.10. The first-order valence-corrected chi connectivity index (χ1v) is 12.6. The number of carbonyl (C=O) groups is 2. The number of hydrogen-bond acceptors (Lipinski definition) is 7. The molecule has 1 aliphatic carbocycles. The number of amides is 1. The molecule has 2 rings (SSSR count). The van der Waals surface area contributed by atoms with Crippen LogP contribution in [0.5, 0.6) is 0 Å². The van der Waals surface area contributed by atoms with Crippen molar-refractivity contribution in [3.05, 3.63) is 28.5 Å². The second kappa shape index (κ2) is 11.4. The minimum atomic E-state index is -4.08. The zero-order valence-electron chi connectivity index (χ0n) is 18.5. The molecule has 33 heavy (non-hydrogen) atoms. The summed E-state index contributed by atoms with van der Waals surface area (Å²) in [5.74, 6) is -1.54. The van der Waals surface area contributed by atoms with Gasteiger partial charge in [0, 0.05) is 12.5 Å². The number of ether oxygens (including phenoxy) is 1. The monoisotopic (exact) mass is 550 g/mol. The highest BCUT2D eigenvalue weighted by atomic mass is 79.9. The molecule has 184 valence electrons. The lowest BCUT2D eigenvalue weighted by Gasteiger charge is -2.27. The smallest absolute Gasteiger partial charge is 0.422 e. The summed E-state index contributed by atoms with van der Waals surface area (Å²) in [7, 11) is -4.08. The topological polar surface area (TPSA) is 146 Å². The summed E-state index contributed by atoms with van der Waals surface area (Å²) in [4.78, 5) is 28.4. The minimum Gasteiger partial charge on any atom is -0.443 e. The summed E-state index contributed by atoms with van der Waals surface area (Å²) in [5.41, 5.74) is 1.28. The van der Waals surface area contributed by atoms with E-state index in [9.17, 15) is 27.6 Å². The molecule has 0 unspecified atom stereocenters.